The molecule has 1 saturated heterocycles. The van der Waals surface area contributed by atoms with Crippen LogP contribution in [0.4, 0.5) is 5.69 Å². The summed E-state index contributed by atoms with van der Waals surface area (Å²) in [5, 5.41) is 7.69. The van der Waals surface area contributed by atoms with Gasteiger partial charge in [-0.25, -0.2) is 0 Å². The number of nitrogens with one attached hydrogen (secondary N) is 2. The Hall–Kier alpha value is -0.340. The number of thioether (sulfide) groups is 1. The molecule has 1 unspecified atom stereocenters. The van der Waals surface area contributed by atoms with Gasteiger partial charge in [0, 0.05) is 43.4 Å². The van der Waals surface area contributed by atoms with Gasteiger partial charge in [-0.05, 0) is 43.0 Å². The molecule has 1 aliphatic heterocycles. The number of benzene rings is 1. The van der Waals surface area contributed by atoms with E-state index < -0.39 is 0 Å². The molecule has 1 aromatic carbocycles. The van der Waals surface area contributed by atoms with Gasteiger partial charge in [0.1, 0.15) is 0 Å². The molecule has 0 aliphatic carbocycles. The predicted molar refractivity (Wildman–Crippen MR) is 115 cm³/mol. The average molecular weight is 469 g/mol. The molecule has 1 atom stereocenters. The Balaban J connectivity index is 0.00000264. The minimum atomic E-state index is 0. The summed E-state index contributed by atoms with van der Waals surface area (Å²) in [7, 11) is 1.83. The molecule has 1 heterocycles. The van der Waals surface area contributed by atoms with Gasteiger partial charge in [-0.15, -0.1) is 24.0 Å². The highest BCUT2D eigenvalue weighted by molar-refractivity contribution is 14.0. The molecule has 4 nitrogen and oxygen atoms in total. The van der Waals surface area contributed by atoms with E-state index in [0.717, 1.165) is 43.5 Å². The van der Waals surface area contributed by atoms with Crippen LogP contribution >= 0.6 is 47.3 Å². The normalized spacial score (nSPS) is 17.8. The largest absolute Gasteiger partial charge is 0.369 e. The molecular formula is C16H26ClIN4S. The van der Waals surface area contributed by atoms with Crippen molar-refractivity contribution in [2.75, 3.05) is 43.6 Å². The van der Waals surface area contributed by atoms with Gasteiger partial charge in [0.2, 0.25) is 0 Å². The SMILES string of the molecule is CN=C(NCCCSC)NC1CCN(c2cccc(Cl)c2)C1.I. The van der Waals surface area contributed by atoms with Crippen molar-refractivity contribution in [2.24, 2.45) is 4.99 Å². The lowest BCUT2D eigenvalue weighted by atomic mass is 10.2. The molecule has 0 saturated carbocycles. The molecule has 0 amide bonds. The number of hydrogen-bond acceptors (Lipinski definition) is 3. The van der Waals surface area contributed by atoms with Gasteiger partial charge in [-0.3, -0.25) is 4.99 Å². The lowest BCUT2D eigenvalue weighted by molar-refractivity contribution is 0.647. The minimum absolute atomic E-state index is 0. The first kappa shape index (κ1) is 20.7. The predicted octanol–water partition coefficient (Wildman–Crippen LogP) is 3.45. The van der Waals surface area contributed by atoms with Crippen LogP contribution in [0.15, 0.2) is 29.3 Å². The molecule has 2 rings (SSSR count). The van der Waals surface area contributed by atoms with Gasteiger partial charge in [0.15, 0.2) is 5.96 Å². The van der Waals surface area contributed by atoms with Crippen molar-refractivity contribution < 1.29 is 0 Å². The zero-order chi connectivity index (χ0) is 15.8. The van der Waals surface area contributed by atoms with Crippen LogP contribution < -0.4 is 15.5 Å². The van der Waals surface area contributed by atoms with Crippen molar-refractivity contribution >= 4 is 59.0 Å². The van der Waals surface area contributed by atoms with Crippen molar-refractivity contribution in [2.45, 2.75) is 18.9 Å². The summed E-state index contributed by atoms with van der Waals surface area (Å²) < 4.78 is 0. The zero-order valence-corrected chi connectivity index (χ0v) is 17.6. The second kappa shape index (κ2) is 11.3. The number of halogens is 2. The summed E-state index contributed by atoms with van der Waals surface area (Å²) in [6.07, 6.45) is 4.40. The fourth-order valence-corrected chi connectivity index (χ4v) is 3.21. The summed E-state index contributed by atoms with van der Waals surface area (Å²) in [5.41, 5.74) is 1.19. The minimum Gasteiger partial charge on any atom is -0.369 e. The third kappa shape index (κ3) is 6.97. The average Bonchev–Trinajstić information content (AvgIpc) is 2.99. The van der Waals surface area contributed by atoms with Crippen molar-refractivity contribution in [3.63, 3.8) is 0 Å². The van der Waals surface area contributed by atoms with Crippen molar-refractivity contribution in [3.05, 3.63) is 29.3 Å². The van der Waals surface area contributed by atoms with Gasteiger partial charge in [-0.1, -0.05) is 17.7 Å². The first-order valence-electron chi connectivity index (χ1n) is 7.69. The summed E-state index contributed by atoms with van der Waals surface area (Å²) in [6.45, 7) is 2.98. The lowest BCUT2D eigenvalue weighted by Gasteiger charge is -2.20. The molecule has 1 aliphatic rings. The van der Waals surface area contributed by atoms with Crippen LogP contribution in [-0.2, 0) is 0 Å². The van der Waals surface area contributed by atoms with E-state index in [1.165, 1.54) is 11.4 Å². The van der Waals surface area contributed by atoms with Crippen LogP contribution in [0.5, 0.6) is 0 Å². The summed E-state index contributed by atoms with van der Waals surface area (Å²) in [5.74, 6) is 2.08. The van der Waals surface area contributed by atoms with Crippen molar-refractivity contribution in [1.82, 2.24) is 10.6 Å². The van der Waals surface area contributed by atoms with Crippen LogP contribution in [0.3, 0.4) is 0 Å². The molecule has 0 aromatic heterocycles. The van der Waals surface area contributed by atoms with Gasteiger partial charge < -0.3 is 15.5 Å². The monoisotopic (exact) mass is 468 g/mol. The van der Waals surface area contributed by atoms with E-state index in [1.54, 1.807) is 0 Å². The molecule has 1 aromatic rings. The highest BCUT2D eigenvalue weighted by Crippen LogP contribution is 2.23. The molecule has 130 valence electrons. The number of guanidine groups is 1. The molecule has 2 N–H and O–H groups in total. The standard InChI is InChI=1S/C16H25ClN4S.HI/c1-18-16(19-8-4-10-22-2)20-14-7-9-21(12-14)15-6-3-5-13(17)11-15;/h3,5-6,11,14H,4,7-10,12H2,1-2H3,(H2,18,19,20);1H. The van der Waals surface area contributed by atoms with E-state index in [1.807, 2.05) is 37.0 Å². The van der Waals surface area contributed by atoms with E-state index in [4.69, 9.17) is 11.6 Å². The van der Waals surface area contributed by atoms with E-state index in [0.29, 0.717) is 6.04 Å². The summed E-state index contributed by atoms with van der Waals surface area (Å²) in [4.78, 5) is 6.67. The topological polar surface area (TPSA) is 39.7 Å². The van der Waals surface area contributed by atoms with Gasteiger partial charge in [0.25, 0.3) is 0 Å². The number of rotatable bonds is 6. The molecule has 7 heteroatoms. The number of nitrogens with zero attached hydrogens (tertiary/aromatic N) is 2. The Bertz CT molecular complexity index is 501. The lowest BCUT2D eigenvalue weighted by Crippen LogP contribution is -2.44. The smallest absolute Gasteiger partial charge is 0.191 e. The first-order chi connectivity index (χ1) is 10.7. The van der Waals surface area contributed by atoms with Crippen LogP contribution in [-0.4, -0.2) is 50.7 Å². The van der Waals surface area contributed by atoms with Crippen LogP contribution in [0.1, 0.15) is 12.8 Å². The number of anilines is 1. The maximum Gasteiger partial charge on any atom is 0.191 e. The van der Waals surface area contributed by atoms with E-state index in [9.17, 15) is 0 Å². The maximum atomic E-state index is 6.08. The zero-order valence-electron chi connectivity index (χ0n) is 13.7. The highest BCUT2D eigenvalue weighted by atomic mass is 127. The highest BCUT2D eigenvalue weighted by Gasteiger charge is 2.23. The van der Waals surface area contributed by atoms with Gasteiger partial charge in [0.05, 0.1) is 0 Å². The third-order valence-corrected chi connectivity index (χ3v) is 4.68. The first-order valence-corrected chi connectivity index (χ1v) is 9.46. The molecule has 23 heavy (non-hydrogen) atoms. The Kier molecular flexibility index (Phi) is 10.1. The Morgan fingerprint density at radius 3 is 3.00 bits per heavy atom. The van der Waals surface area contributed by atoms with E-state index >= 15 is 0 Å². The number of aliphatic imine (C=N–C) groups is 1. The Morgan fingerprint density at radius 2 is 2.30 bits per heavy atom. The summed E-state index contributed by atoms with van der Waals surface area (Å²) >= 11 is 7.95. The fourth-order valence-electron chi connectivity index (χ4n) is 2.60. The molecule has 0 spiro atoms. The quantitative estimate of drug-likeness (QED) is 0.290. The van der Waals surface area contributed by atoms with E-state index in [-0.39, 0.29) is 24.0 Å². The van der Waals surface area contributed by atoms with Crippen molar-refractivity contribution in [3.8, 4) is 0 Å². The molecule has 1 fully saturated rings. The van der Waals surface area contributed by atoms with Crippen LogP contribution in [0.2, 0.25) is 5.02 Å². The van der Waals surface area contributed by atoms with Gasteiger partial charge >= 0.3 is 0 Å². The fraction of sp³-hybridized carbons (Fsp3) is 0.562. The molecule has 0 radical (unpaired) electrons. The maximum absolute atomic E-state index is 6.08. The Morgan fingerprint density at radius 1 is 1.48 bits per heavy atom. The second-order valence-corrected chi connectivity index (χ2v) is 6.82. The van der Waals surface area contributed by atoms with Gasteiger partial charge in [-0.2, -0.15) is 11.8 Å². The Labute approximate surface area is 165 Å². The van der Waals surface area contributed by atoms with E-state index in [2.05, 4.69) is 32.8 Å². The molecular weight excluding hydrogens is 443 g/mol. The van der Waals surface area contributed by atoms with Crippen molar-refractivity contribution in [1.29, 1.82) is 0 Å². The molecule has 0 bridgehead atoms. The number of hydrogen-bond donors (Lipinski definition) is 2. The third-order valence-electron chi connectivity index (χ3n) is 3.74. The summed E-state index contributed by atoms with van der Waals surface area (Å²) in [6, 6.07) is 8.48. The second-order valence-electron chi connectivity index (χ2n) is 5.40. The van der Waals surface area contributed by atoms with Crippen LogP contribution in [0.25, 0.3) is 0 Å². The van der Waals surface area contributed by atoms with Crippen LogP contribution in [0, 0.1) is 0 Å².